The molecule has 3 saturated heterocycles. The number of esters is 2. The van der Waals surface area contributed by atoms with Crippen LogP contribution in [0.4, 0.5) is 0 Å². The number of carbonyl (C=O) groups is 2. The molecule has 326 valence electrons. The van der Waals surface area contributed by atoms with Crippen LogP contribution in [0, 0.1) is 23.7 Å². The molecule has 9 atom stereocenters. The van der Waals surface area contributed by atoms with Gasteiger partial charge in [-0.05, 0) is 111 Å². The number of likely N-dealkylation sites (tertiary alicyclic amines) is 1. The second kappa shape index (κ2) is 15.8. The third-order valence-electron chi connectivity index (χ3n) is 15.8. The van der Waals surface area contributed by atoms with E-state index in [0.717, 1.165) is 79.5 Å². The summed E-state index contributed by atoms with van der Waals surface area (Å²) in [5.41, 5.74) is 9.47. The minimum Gasteiger partial charge on any atom is -0.496 e. The highest BCUT2D eigenvalue weighted by atomic mass is 16.5. The van der Waals surface area contributed by atoms with Crippen molar-refractivity contribution < 1.29 is 33.3 Å². The van der Waals surface area contributed by atoms with E-state index in [1.807, 2.05) is 0 Å². The Balaban J connectivity index is 1.12. The zero-order chi connectivity index (χ0) is 43.0. The highest BCUT2D eigenvalue weighted by molar-refractivity contribution is 5.91. The average molecular weight is 841 g/mol. The van der Waals surface area contributed by atoms with Gasteiger partial charge in [0, 0.05) is 76.4 Å². The van der Waals surface area contributed by atoms with Crippen molar-refractivity contribution in [1.82, 2.24) is 19.8 Å². The molecular weight excluding hydrogens is 781 g/mol. The van der Waals surface area contributed by atoms with Crippen LogP contribution in [0.5, 0.6) is 17.2 Å². The number of benzene rings is 3. The summed E-state index contributed by atoms with van der Waals surface area (Å²) in [5, 5.41) is 2.35. The van der Waals surface area contributed by atoms with Crippen molar-refractivity contribution >= 4 is 33.7 Å². The van der Waals surface area contributed by atoms with Gasteiger partial charge in [0.1, 0.15) is 12.4 Å². The first-order valence-electron chi connectivity index (χ1n) is 22.5. The fourth-order valence-corrected chi connectivity index (χ4v) is 13.2. The third-order valence-corrected chi connectivity index (χ3v) is 15.8. The first-order valence-corrected chi connectivity index (χ1v) is 22.5. The monoisotopic (exact) mass is 840 g/mol. The molecule has 2 aliphatic carbocycles. The van der Waals surface area contributed by atoms with Crippen molar-refractivity contribution in [1.29, 1.82) is 0 Å². The minimum absolute atomic E-state index is 0.00660. The average Bonchev–Trinajstić information content (AvgIpc) is 3.83. The topological polar surface area (TPSA) is 118 Å². The molecular formula is C51H60N4O7. The summed E-state index contributed by atoms with van der Waals surface area (Å²) in [7, 11) is 8.61. The molecule has 0 amide bonds. The maximum atomic E-state index is 14.0. The lowest BCUT2D eigenvalue weighted by Crippen LogP contribution is -2.66. The molecule has 1 saturated carbocycles. The smallest absolute Gasteiger partial charge is 0.338 e. The van der Waals surface area contributed by atoms with Crippen molar-refractivity contribution in [3.63, 3.8) is 0 Å². The van der Waals surface area contributed by atoms with E-state index in [0.29, 0.717) is 28.9 Å². The van der Waals surface area contributed by atoms with Gasteiger partial charge in [-0.1, -0.05) is 43.2 Å². The Morgan fingerprint density at radius 1 is 0.903 bits per heavy atom. The highest BCUT2D eigenvalue weighted by Gasteiger charge is 2.59. The van der Waals surface area contributed by atoms with Gasteiger partial charge in [-0.3, -0.25) is 14.6 Å². The summed E-state index contributed by atoms with van der Waals surface area (Å²) >= 11 is 0. The normalized spacial score (nSPS) is 29.6. The molecule has 4 fully saturated rings. The Bertz CT molecular complexity index is 2590. The van der Waals surface area contributed by atoms with Gasteiger partial charge in [-0.2, -0.15) is 0 Å². The number of methoxy groups -OCH3 is 4. The first-order chi connectivity index (χ1) is 30.1. The number of nitrogens with one attached hydrogen (secondary N) is 2. The molecule has 6 aliphatic rings. The first kappa shape index (κ1) is 40.8. The summed E-state index contributed by atoms with van der Waals surface area (Å²) in [6.07, 6.45) is 7.77. The summed E-state index contributed by atoms with van der Waals surface area (Å²) < 4.78 is 29.5. The summed E-state index contributed by atoms with van der Waals surface area (Å²) in [6, 6.07) is 18.6. The van der Waals surface area contributed by atoms with E-state index in [-0.39, 0.29) is 48.4 Å². The van der Waals surface area contributed by atoms with Crippen molar-refractivity contribution in [2.24, 2.45) is 23.7 Å². The number of rotatable bonds is 9. The lowest BCUT2D eigenvalue weighted by Gasteiger charge is -2.59. The molecule has 11 rings (SSSR count). The zero-order valence-corrected chi connectivity index (χ0v) is 37.1. The zero-order valence-electron chi connectivity index (χ0n) is 37.1. The summed E-state index contributed by atoms with van der Waals surface area (Å²) in [5.74, 6) is 1.94. The van der Waals surface area contributed by atoms with Crippen molar-refractivity contribution in [3.8, 4) is 17.2 Å². The fraction of sp³-hybridized carbons (Fsp3) is 0.490. The van der Waals surface area contributed by atoms with Crippen LogP contribution in [-0.4, -0.2) is 106 Å². The second-order valence-corrected chi connectivity index (χ2v) is 18.6. The maximum absolute atomic E-state index is 14.0. The van der Waals surface area contributed by atoms with E-state index in [1.54, 1.807) is 39.5 Å². The number of aromatic amines is 2. The predicted octanol–water partition coefficient (Wildman–Crippen LogP) is 8.19. The second-order valence-electron chi connectivity index (χ2n) is 18.6. The molecule has 2 aromatic heterocycles. The number of ether oxygens (including phenoxy) is 5. The van der Waals surface area contributed by atoms with Crippen LogP contribution < -0.4 is 14.2 Å². The number of fused-ring (bicyclic) bond motifs is 9. The van der Waals surface area contributed by atoms with Crippen LogP contribution in [0.3, 0.4) is 0 Å². The van der Waals surface area contributed by atoms with Gasteiger partial charge in [0.05, 0.1) is 45.3 Å². The molecule has 62 heavy (non-hydrogen) atoms. The summed E-state index contributed by atoms with van der Waals surface area (Å²) in [4.78, 5) is 41.0. The number of likely N-dealkylation sites (N-methyl/N-ethyl adjacent to an activating group) is 1. The number of H-pyrrole nitrogens is 2. The van der Waals surface area contributed by atoms with Crippen molar-refractivity contribution in [3.05, 3.63) is 99.9 Å². The van der Waals surface area contributed by atoms with Gasteiger partial charge in [0.15, 0.2) is 11.5 Å². The molecule has 11 nitrogen and oxygen atoms in total. The van der Waals surface area contributed by atoms with Crippen LogP contribution in [0.1, 0.15) is 83.9 Å². The standard InChI is InChI=1S/C51H60N4O7/c1-8-29-18-28-24-51(27-62-49(56)31-14-15-42(58-4)44(19-31)60-6)47-33(16-17-55(25-28)48(29)51)35-23-43(59-5)36(21-40(35)53-47)37-20-34-30(9-2)26-54(3)41(45(34)50(57)61-7)22-38-32-12-10-11-13-39(32)52-46(37)38/h9-15,19,21,23,28-29,34,37,41,45,48,52-53H,8,16-18,20,22,24-27H2,1-7H3/b30-9-. The Hall–Kier alpha value is -5.26. The van der Waals surface area contributed by atoms with E-state index < -0.39 is 5.41 Å². The quantitative estimate of drug-likeness (QED) is 0.112. The molecule has 4 aliphatic heterocycles. The number of carbonyl (C=O) groups excluding carboxylic acids is 2. The van der Waals surface area contributed by atoms with E-state index in [9.17, 15) is 9.59 Å². The van der Waals surface area contributed by atoms with Crippen molar-refractivity contribution in [2.45, 2.75) is 75.8 Å². The van der Waals surface area contributed by atoms with E-state index in [1.165, 1.54) is 47.0 Å². The molecule has 3 aromatic carbocycles. The molecule has 11 heteroatoms. The highest BCUT2D eigenvalue weighted by Crippen LogP contribution is 2.56. The lowest BCUT2D eigenvalue weighted by atomic mass is 9.56. The van der Waals surface area contributed by atoms with Crippen LogP contribution >= 0.6 is 0 Å². The number of para-hydroxylation sites is 1. The number of allylic oxidation sites excluding steroid dienone is 1. The van der Waals surface area contributed by atoms with Crippen LogP contribution in [-0.2, 0) is 32.5 Å². The largest absolute Gasteiger partial charge is 0.496 e. The van der Waals surface area contributed by atoms with Crippen molar-refractivity contribution in [2.75, 3.05) is 61.7 Å². The number of nitrogens with zero attached hydrogens (tertiary/aromatic N) is 2. The van der Waals surface area contributed by atoms with Gasteiger partial charge >= 0.3 is 11.9 Å². The van der Waals surface area contributed by atoms with Crippen LogP contribution in [0.15, 0.2) is 66.2 Å². The molecule has 6 bridgehead atoms. The number of aromatic nitrogens is 2. The minimum atomic E-state index is -0.422. The summed E-state index contributed by atoms with van der Waals surface area (Å²) in [6.45, 7) is 7.52. The van der Waals surface area contributed by atoms with Crippen LogP contribution in [0.25, 0.3) is 21.8 Å². The van der Waals surface area contributed by atoms with Gasteiger partial charge in [0.2, 0.25) is 0 Å². The SMILES string of the molecule is C/C=C1/CN(C)C2Cc3c([nH]c4ccccc34)C(c3cc4[nH]c5c(c4cc3OC)CCN3CC4CC(CC)C3C5(COC(=O)c3ccc(OC)c(OC)c3)C4)CC1C2C(=O)OC. The third kappa shape index (κ3) is 6.27. The Morgan fingerprint density at radius 2 is 1.71 bits per heavy atom. The van der Waals surface area contributed by atoms with Gasteiger partial charge in [-0.25, -0.2) is 4.79 Å². The predicted molar refractivity (Wildman–Crippen MR) is 240 cm³/mol. The molecule has 5 aromatic rings. The Kier molecular flexibility index (Phi) is 10.4. The fourth-order valence-electron chi connectivity index (χ4n) is 13.2. The van der Waals surface area contributed by atoms with E-state index in [4.69, 9.17) is 23.7 Å². The molecule has 9 unspecified atom stereocenters. The lowest BCUT2D eigenvalue weighted by molar-refractivity contribution is -0.151. The van der Waals surface area contributed by atoms with E-state index >= 15 is 0 Å². The molecule has 0 spiro atoms. The van der Waals surface area contributed by atoms with Gasteiger partial charge < -0.3 is 33.7 Å². The number of hydrogen-bond donors (Lipinski definition) is 2. The Morgan fingerprint density at radius 3 is 2.47 bits per heavy atom. The molecule has 2 N–H and O–H groups in total. The number of piperidine rings is 3. The number of hydrogen-bond acceptors (Lipinski definition) is 9. The maximum Gasteiger partial charge on any atom is 0.338 e. The Labute approximate surface area is 364 Å². The van der Waals surface area contributed by atoms with Crippen LogP contribution in [0.2, 0.25) is 0 Å². The van der Waals surface area contributed by atoms with E-state index in [2.05, 4.69) is 83.1 Å². The van der Waals surface area contributed by atoms with Gasteiger partial charge in [-0.15, -0.1) is 0 Å². The molecule has 6 heterocycles. The van der Waals surface area contributed by atoms with Gasteiger partial charge in [0.25, 0.3) is 0 Å². The molecule has 0 radical (unpaired) electrons.